The van der Waals surface area contributed by atoms with Crippen molar-refractivity contribution in [2.45, 2.75) is 45.4 Å². The number of aliphatic imine (C=N–C) groups is 1. The first kappa shape index (κ1) is 22.8. The normalized spacial score (nSPS) is 14.9. The zero-order chi connectivity index (χ0) is 22.1. The Morgan fingerprint density at radius 1 is 1.23 bits per heavy atom. The van der Waals surface area contributed by atoms with Crippen LogP contribution in [0.2, 0.25) is 0 Å². The molecule has 2 aromatic rings. The Hall–Kier alpha value is -2.86. The fraction of sp³-hybridized carbons (Fsp3) is 0.400. The third-order valence-corrected chi connectivity index (χ3v) is 5.86. The lowest BCUT2D eigenvalue weighted by Gasteiger charge is -2.32. The van der Waals surface area contributed by atoms with Crippen LogP contribution in [0.15, 0.2) is 53.5 Å². The maximum absolute atomic E-state index is 14.7. The SMILES string of the molecule is C=Nc1ccccc1N(CNc1ccc(/C(=C\CC)NO)c(F)c1)CC1CCCCC1. The first-order valence-corrected chi connectivity index (χ1v) is 11.1. The summed E-state index contributed by atoms with van der Waals surface area (Å²) in [6.45, 7) is 7.12. The number of nitrogens with zero attached hydrogens (tertiary/aromatic N) is 2. The lowest BCUT2D eigenvalue weighted by atomic mass is 9.89. The molecule has 1 fully saturated rings. The van der Waals surface area contributed by atoms with Gasteiger partial charge in [0.15, 0.2) is 0 Å². The highest BCUT2D eigenvalue weighted by Gasteiger charge is 2.19. The van der Waals surface area contributed by atoms with Crippen molar-refractivity contribution in [3.05, 3.63) is 59.9 Å². The largest absolute Gasteiger partial charge is 0.368 e. The minimum absolute atomic E-state index is 0.343. The molecule has 1 aliphatic rings. The molecule has 0 bridgehead atoms. The van der Waals surface area contributed by atoms with Gasteiger partial charge in [-0.15, -0.1) is 0 Å². The van der Waals surface area contributed by atoms with Gasteiger partial charge >= 0.3 is 0 Å². The van der Waals surface area contributed by atoms with Gasteiger partial charge in [0, 0.05) is 17.8 Å². The lowest BCUT2D eigenvalue weighted by molar-refractivity contribution is 0.224. The van der Waals surface area contributed by atoms with E-state index < -0.39 is 5.82 Å². The van der Waals surface area contributed by atoms with Crippen molar-refractivity contribution in [3.63, 3.8) is 0 Å². The number of hydrogen-bond acceptors (Lipinski definition) is 5. The van der Waals surface area contributed by atoms with Crippen LogP contribution in [0.4, 0.5) is 21.5 Å². The van der Waals surface area contributed by atoms with E-state index in [9.17, 15) is 9.60 Å². The molecule has 3 rings (SSSR count). The Morgan fingerprint density at radius 3 is 2.68 bits per heavy atom. The molecular weight excluding hydrogens is 391 g/mol. The van der Waals surface area contributed by atoms with Gasteiger partial charge in [0.2, 0.25) is 0 Å². The molecule has 0 saturated heterocycles. The average Bonchev–Trinajstić information content (AvgIpc) is 2.81. The van der Waals surface area contributed by atoms with Crippen LogP contribution in [0.5, 0.6) is 0 Å². The molecule has 0 heterocycles. The van der Waals surface area contributed by atoms with Gasteiger partial charge < -0.3 is 10.2 Å². The summed E-state index contributed by atoms with van der Waals surface area (Å²) in [6.07, 6.45) is 8.81. The van der Waals surface area contributed by atoms with E-state index in [1.165, 1.54) is 38.2 Å². The fourth-order valence-corrected chi connectivity index (χ4v) is 4.24. The number of rotatable bonds is 10. The standard InChI is InChI=1S/C25H33FN4O/c1-3-9-23(29-31)21-15-14-20(16-22(21)26)28-18-30(17-19-10-5-4-6-11-19)25-13-8-7-12-24(25)27-2/h7-9,12-16,19,28-29,31H,2-6,10-11,17-18H2,1H3/b23-9+. The second kappa shape index (κ2) is 11.5. The number of hydroxylamine groups is 1. The van der Waals surface area contributed by atoms with E-state index in [4.69, 9.17) is 0 Å². The minimum atomic E-state index is -0.391. The molecular formula is C25H33FN4O. The number of anilines is 2. The Kier molecular flexibility index (Phi) is 8.47. The monoisotopic (exact) mass is 424 g/mol. The summed E-state index contributed by atoms with van der Waals surface area (Å²) in [5.41, 5.74) is 5.37. The fourth-order valence-electron chi connectivity index (χ4n) is 4.24. The minimum Gasteiger partial charge on any atom is -0.368 e. The maximum Gasteiger partial charge on any atom is 0.134 e. The lowest BCUT2D eigenvalue weighted by Crippen LogP contribution is -2.34. The molecule has 0 radical (unpaired) electrons. The quantitative estimate of drug-likeness (QED) is 0.236. The topological polar surface area (TPSA) is 59.9 Å². The van der Waals surface area contributed by atoms with Crippen molar-refractivity contribution >= 4 is 29.5 Å². The van der Waals surface area contributed by atoms with Crippen LogP contribution < -0.4 is 15.7 Å². The van der Waals surface area contributed by atoms with Gasteiger partial charge in [-0.2, -0.15) is 0 Å². The number of nitrogens with one attached hydrogen (secondary N) is 2. The molecule has 3 N–H and O–H groups in total. The van der Waals surface area contributed by atoms with E-state index in [1.807, 2.05) is 31.2 Å². The van der Waals surface area contributed by atoms with E-state index in [0.717, 1.165) is 17.9 Å². The molecule has 0 aromatic heterocycles. The zero-order valence-corrected chi connectivity index (χ0v) is 18.3. The highest BCUT2D eigenvalue weighted by Crippen LogP contribution is 2.32. The van der Waals surface area contributed by atoms with Crippen LogP contribution in [-0.2, 0) is 0 Å². The number of benzene rings is 2. The summed E-state index contributed by atoms with van der Waals surface area (Å²) in [7, 11) is 0. The van der Waals surface area contributed by atoms with Crippen molar-refractivity contribution in [1.29, 1.82) is 0 Å². The van der Waals surface area contributed by atoms with Gasteiger partial charge in [0.05, 0.1) is 23.7 Å². The van der Waals surface area contributed by atoms with Crippen molar-refractivity contribution < 1.29 is 9.60 Å². The summed E-state index contributed by atoms with van der Waals surface area (Å²) in [5, 5.41) is 12.7. The Bertz CT molecular complexity index is 893. The Balaban J connectivity index is 1.77. The third-order valence-electron chi connectivity index (χ3n) is 5.86. The number of hydrogen-bond donors (Lipinski definition) is 3. The maximum atomic E-state index is 14.7. The van der Waals surface area contributed by atoms with Crippen molar-refractivity contribution in [2.24, 2.45) is 10.9 Å². The number of allylic oxidation sites excluding steroid dienone is 1. The second-order valence-corrected chi connectivity index (χ2v) is 8.04. The predicted octanol–water partition coefficient (Wildman–Crippen LogP) is 6.34. The smallest absolute Gasteiger partial charge is 0.134 e. The summed E-state index contributed by atoms with van der Waals surface area (Å²) in [6, 6.07) is 13.0. The van der Waals surface area contributed by atoms with Gasteiger partial charge in [-0.25, -0.2) is 4.39 Å². The molecule has 0 atom stereocenters. The average molecular weight is 425 g/mol. The molecule has 0 unspecified atom stereocenters. The molecule has 0 amide bonds. The van der Waals surface area contributed by atoms with Crippen LogP contribution >= 0.6 is 0 Å². The van der Waals surface area contributed by atoms with Crippen LogP contribution in [-0.4, -0.2) is 25.1 Å². The highest BCUT2D eigenvalue weighted by molar-refractivity contribution is 5.70. The molecule has 1 saturated carbocycles. The molecule has 6 heteroatoms. The molecule has 1 aliphatic carbocycles. The predicted molar refractivity (Wildman–Crippen MR) is 128 cm³/mol. The van der Waals surface area contributed by atoms with Crippen LogP contribution in [0.1, 0.15) is 51.0 Å². The van der Waals surface area contributed by atoms with Gasteiger partial charge in [-0.3, -0.25) is 15.7 Å². The first-order valence-electron chi connectivity index (χ1n) is 11.1. The van der Waals surface area contributed by atoms with E-state index in [-0.39, 0.29) is 0 Å². The highest BCUT2D eigenvalue weighted by atomic mass is 19.1. The Morgan fingerprint density at radius 2 is 2.00 bits per heavy atom. The molecule has 5 nitrogen and oxygen atoms in total. The van der Waals surface area contributed by atoms with Crippen molar-refractivity contribution in [1.82, 2.24) is 5.48 Å². The first-order chi connectivity index (χ1) is 15.2. The van der Waals surface area contributed by atoms with Gasteiger partial charge in [-0.1, -0.05) is 44.4 Å². The molecule has 0 spiro atoms. The third kappa shape index (κ3) is 6.07. The van der Waals surface area contributed by atoms with Gasteiger partial charge in [0.1, 0.15) is 5.82 Å². The summed E-state index contributed by atoms with van der Waals surface area (Å²) >= 11 is 0. The number of halogens is 1. The van der Waals surface area contributed by atoms with Crippen molar-refractivity contribution in [2.75, 3.05) is 23.4 Å². The van der Waals surface area contributed by atoms with Gasteiger partial charge in [-0.05, 0) is 62.2 Å². The second-order valence-electron chi connectivity index (χ2n) is 8.04. The van der Waals surface area contributed by atoms with Crippen molar-refractivity contribution in [3.8, 4) is 0 Å². The van der Waals surface area contributed by atoms with E-state index in [0.29, 0.717) is 36.0 Å². The van der Waals surface area contributed by atoms with Gasteiger partial charge in [0.25, 0.3) is 0 Å². The number of para-hydroxylation sites is 2. The molecule has 166 valence electrons. The molecule has 31 heavy (non-hydrogen) atoms. The Labute approximate surface area is 184 Å². The van der Waals surface area contributed by atoms with Crippen LogP contribution in [0.25, 0.3) is 5.70 Å². The summed E-state index contributed by atoms with van der Waals surface area (Å²) in [5.74, 6) is 0.253. The zero-order valence-electron chi connectivity index (χ0n) is 18.3. The van der Waals surface area contributed by atoms with E-state index >= 15 is 0 Å². The molecule has 0 aliphatic heterocycles. The molecule has 2 aromatic carbocycles. The summed E-state index contributed by atoms with van der Waals surface area (Å²) < 4.78 is 14.7. The van der Waals surface area contributed by atoms with Crippen LogP contribution in [0, 0.1) is 11.7 Å². The van der Waals surface area contributed by atoms with E-state index in [2.05, 4.69) is 33.5 Å². The van der Waals surface area contributed by atoms with Crippen LogP contribution in [0.3, 0.4) is 0 Å². The summed E-state index contributed by atoms with van der Waals surface area (Å²) in [4.78, 5) is 6.48. The van der Waals surface area contributed by atoms with E-state index in [1.54, 1.807) is 12.1 Å².